The molecule has 1 aromatic heterocycles. The number of pyridine rings is 1. The van der Waals surface area contributed by atoms with Crippen molar-refractivity contribution in [3.05, 3.63) is 65.5 Å². The van der Waals surface area contributed by atoms with Crippen molar-refractivity contribution in [2.45, 2.75) is 115 Å². The average Bonchev–Trinajstić information content (AvgIpc) is 3.40. The lowest BCUT2D eigenvalue weighted by Gasteiger charge is -2.67. The first-order valence-corrected chi connectivity index (χ1v) is 19.0. The molecule has 0 radical (unpaired) electrons. The first kappa shape index (κ1) is 43.1. The maximum atomic E-state index is 14.3. The maximum absolute atomic E-state index is 14.3. The summed E-state index contributed by atoms with van der Waals surface area (Å²) in [5.74, 6) is -10.6. The lowest BCUT2D eigenvalue weighted by molar-refractivity contribution is -0.386. The summed E-state index contributed by atoms with van der Waals surface area (Å²) in [5, 5.41) is 25.9. The summed E-state index contributed by atoms with van der Waals surface area (Å²) in [6.07, 6.45) is -10.9. The van der Waals surface area contributed by atoms with E-state index in [9.17, 15) is 43.8 Å². The molecule has 4 aliphatic rings. The van der Waals surface area contributed by atoms with Crippen LogP contribution in [0.15, 0.2) is 48.7 Å². The molecule has 2 saturated carbocycles. The Kier molecular flexibility index (Phi) is 11.4. The molecule has 2 aliphatic heterocycles. The van der Waals surface area contributed by atoms with Crippen LogP contribution in [0.1, 0.15) is 87.7 Å². The van der Waals surface area contributed by atoms with E-state index in [1.54, 1.807) is 25.1 Å². The Morgan fingerprint density at radius 2 is 1.44 bits per heavy atom. The molecule has 3 fully saturated rings. The molecule has 18 heteroatoms. The van der Waals surface area contributed by atoms with E-state index in [0.29, 0.717) is 0 Å². The van der Waals surface area contributed by atoms with Gasteiger partial charge >= 0.3 is 41.8 Å². The predicted molar refractivity (Wildman–Crippen MR) is 196 cm³/mol. The van der Waals surface area contributed by atoms with Gasteiger partial charge in [-0.2, -0.15) is 0 Å². The third-order valence-electron chi connectivity index (χ3n) is 12.1. The van der Waals surface area contributed by atoms with Gasteiger partial charge in [-0.05, 0) is 38.1 Å². The van der Waals surface area contributed by atoms with Crippen molar-refractivity contribution < 1.29 is 81.7 Å². The van der Waals surface area contributed by atoms with Gasteiger partial charge in [0.1, 0.15) is 54.2 Å². The highest BCUT2D eigenvalue weighted by Gasteiger charge is 2.91. The zero-order valence-corrected chi connectivity index (χ0v) is 33.7. The highest BCUT2D eigenvalue weighted by Crippen LogP contribution is 2.70. The minimum absolute atomic E-state index is 0.0130. The third kappa shape index (κ3) is 6.89. The highest BCUT2D eigenvalue weighted by atomic mass is 16.7. The van der Waals surface area contributed by atoms with Gasteiger partial charge in [-0.1, -0.05) is 32.0 Å². The number of carbonyl (C=O) groups is 7. The molecule has 59 heavy (non-hydrogen) atoms. The summed E-state index contributed by atoms with van der Waals surface area (Å²) < 4.78 is 48.8. The molecule has 2 aliphatic carbocycles. The second-order valence-electron chi connectivity index (χ2n) is 15.9. The lowest BCUT2D eigenvalue weighted by Crippen LogP contribution is -2.89. The molecule has 0 amide bonds. The van der Waals surface area contributed by atoms with Crippen molar-refractivity contribution in [1.82, 2.24) is 4.98 Å². The molecule has 318 valence electrons. The largest absolute Gasteiger partial charge is 0.465 e. The van der Waals surface area contributed by atoms with Gasteiger partial charge in [0, 0.05) is 39.8 Å². The first-order chi connectivity index (χ1) is 27.6. The third-order valence-corrected chi connectivity index (χ3v) is 12.1. The number of carbonyl (C=O) groups excluding carboxylic acids is 7. The van der Waals surface area contributed by atoms with Crippen molar-refractivity contribution >= 4 is 41.8 Å². The Morgan fingerprint density at radius 1 is 0.814 bits per heavy atom. The van der Waals surface area contributed by atoms with E-state index in [0.717, 1.165) is 34.6 Å². The zero-order chi connectivity index (χ0) is 43.4. The quantitative estimate of drug-likeness (QED) is 0.298. The molecule has 1 saturated heterocycles. The molecule has 2 N–H and O–H groups in total. The van der Waals surface area contributed by atoms with Crippen LogP contribution in [0.4, 0.5) is 0 Å². The highest BCUT2D eigenvalue weighted by molar-refractivity contribution is 5.91. The number of hydrogen-bond acceptors (Lipinski definition) is 18. The Bertz CT molecular complexity index is 2040. The Morgan fingerprint density at radius 3 is 2.05 bits per heavy atom. The van der Waals surface area contributed by atoms with E-state index in [2.05, 4.69) is 4.98 Å². The van der Waals surface area contributed by atoms with Crippen molar-refractivity contribution in [2.24, 2.45) is 17.3 Å². The lowest BCUT2D eigenvalue weighted by atomic mass is 9.45. The molecule has 0 unspecified atom stereocenters. The van der Waals surface area contributed by atoms with Crippen LogP contribution in [0.2, 0.25) is 0 Å². The topological polar surface area (TPSA) is 247 Å². The average molecular weight is 826 g/mol. The minimum Gasteiger partial charge on any atom is -0.465 e. The maximum Gasteiger partial charge on any atom is 0.340 e. The van der Waals surface area contributed by atoms with Gasteiger partial charge in [-0.3, -0.25) is 29.0 Å². The number of ether oxygens (including phenoxy) is 8. The smallest absolute Gasteiger partial charge is 0.340 e. The number of hydrogen-bond donors (Lipinski definition) is 2. The van der Waals surface area contributed by atoms with Crippen LogP contribution in [0.5, 0.6) is 0 Å². The van der Waals surface area contributed by atoms with Crippen molar-refractivity contribution in [3.63, 3.8) is 0 Å². The fraction of sp³-hybridized carbons (Fsp3) is 0.561. The van der Waals surface area contributed by atoms with Crippen LogP contribution in [-0.2, 0) is 61.9 Å². The van der Waals surface area contributed by atoms with Crippen LogP contribution < -0.4 is 0 Å². The number of nitrogens with zero attached hydrogens (tertiary/aromatic N) is 1. The van der Waals surface area contributed by atoms with Crippen molar-refractivity contribution in [1.29, 1.82) is 0 Å². The second-order valence-corrected chi connectivity index (χ2v) is 15.9. The Labute approximate surface area is 338 Å². The van der Waals surface area contributed by atoms with E-state index in [1.165, 1.54) is 44.3 Å². The number of aliphatic hydroxyl groups is 2. The standard InChI is InChI=1S/C41H47NO17/c1-19-20(2)35(48)58-32-29(47)33(55-23(5)45)40(18-52-21(3)43)34(56-24(6)46)30(54-22(4)44)27-31(57-36(49)25-13-10-9-11-14-25)41(40,39(32,8)51)59-38(27,7)17-53-37(50)26-15-12-16-42-28(19)26/h9-16,19-20,27,29-34,47,51H,17-18H2,1-8H3/t19-,20+,27-,29+,30-,31-,32+,33+,34-,38+,39+,40+,41+/m1/s1. The summed E-state index contributed by atoms with van der Waals surface area (Å²) >= 11 is 0. The van der Waals surface area contributed by atoms with Crippen LogP contribution in [0.3, 0.4) is 0 Å². The van der Waals surface area contributed by atoms with Gasteiger partial charge in [0.05, 0.1) is 28.7 Å². The summed E-state index contributed by atoms with van der Waals surface area (Å²) in [7, 11) is 0. The van der Waals surface area contributed by atoms with Gasteiger partial charge in [-0.25, -0.2) is 9.59 Å². The summed E-state index contributed by atoms with van der Waals surface area (Å²) in [5.41, 5.74) is -10.2. The van der Waals surface area contributed by atoms with Crippen LogP contribution in [0, 0.1) is 17.3 Å². The van der Waals surface area contributed by atoms with Crippen molar-refractivity contribution in [2.75, 3.05) is 13.2 Å². The molecule has 2 aromatic rings. The fourth-order valence-electron chi connectivity index (χ4n) is 9.54. The van der Waals surface area contributed by atoms with Gasteiger partial charge in [0.15, 0.2) is 17.8 Å². The molecule has 13 atom stereocenters. The molecule has 4 bridgehead atoms. The van der Waals surface area contributed by atoms with Crippen LogP contribution in [-0.4, -0.2) is 124 Å². The van der Waals surface area contributed by atoms with Gasteiger partial charge in [-0.15, -0.1) is 0 Å². The summed E-state index contributed by atoms with van der Waals surface area (Å²) in [4.78, 5) is 99.4. The van der Waals surface area contributed by atoms with Gasteiger partial charge in [0.2, 0.25) is 0 Å². The molecule has 3 heterocycles. The normalized spacial score (nSPS) is 37.4. The van der Waals surface area contributed by atoms with E-state index in [-0.39, 0.29) is 16.8 Å². The van der Waals surface area contributed by atoms with Crippen LogP contribution >= 0.6 is 0 Å². The summed E-state index contributed by atoms with van der Waals surface area (Å²) in [6, 6.07) is 10.5. The molecule has 18 nitrogen and oxygen atoms in total. The predicted octanol–water partition coefficient (Wildman–Crippen LogP) is 1.76. The zero-order valence-electron chi connectivity index (χ0n) is 33.7. The minimum atomic E-state index is -2.83. The van der Waals surface area contributed by atoms with Gasteiger partial charge in [0.25, 0.3) is 0 Å². The number of cyclic esters (lactones) is 1. The number of aliphatic hydroxyl groups excluding tert-OH is 1. The van der Waals surface area contributed by atoms with E-state index >= 15 is 0 Å². The molecule has 6 rings (SSSR count). The molecular weight excluding hydrogens is 778 g/mol. The van der Waals surface area contributed by atoms with Crippen molar-refractivity contribution in [3.8, 4) is 0 Å². The Hall–Kier alpha value is -5.46. The summed E-state index contributed by atoms with van der Waals surface area (Å²) in [6.45, 7) is 7.75. The van der Waals surface area contributed by atoms with Crippen LogP contribution in [0.25, 0.3) is 0 Å². The van der Waals surface area contributed by atoms with Gasteiger partial charge < -0.3 is 48.1 Å². The number of aromatic nitrogens is 1. The molecular formula is C41H47NO17. The monoisotopic (exact) mass is 825 g/mol. The second kappa shape index (κ2) is 15.6. The number of benzene rings is 1. The van der Waals surface area contributed by atoms with E-state index in [4.69, 9.17) is 37.9 Å². The van der Waals surface area contributed by atoms with E-state index < -0.39 is 132 Å². The number of rotatable bonds is 7. The Balaban J connectivity index is 1.77. The first-order valence-electron chi connectivity index (χ1n) is 19.0. The fourth-order valence-corrected chi connectivity index (χ4v) is 9.54. The molecule has 1 spiro atoms. The number of fused-ring (bicyclic) bond motifs is 5. The molecule has 1 aromatic carbocycles. The van der Waals surface area contributed by atoms with E-state index in [1.807, 2.05) is 0 Å². The SMILES string of the molecule is CC(=O)OC[C@]12[C@H](OC(C)=O)[C@H](OC(C)=O)[C@@H]3[C@@H](OC(=O)c4ccccc4)[C@@]14O[C@@]3(C)COC(=O)c1cccnc1[C@H](C)[C@H](C)C(=O)O[C@@H]([C@H](O)[C@@H]2OC(C)=O)[C@]4(C)O. The number of esters is 7.